The van der Waals surface area contributed by atoms with Gasteiger partial charge in [0.2, 0.25) is 0 Å². The minimum absolute atomic E-state index is 0.224. The van der Waals surface area contributed by atoms with Gasteiger partial charge in [0.25, 0.3) is 5.91 Å². The van der Waals surface area contributed by atoms with E-state index in [1.54, 1.807) is 36.9 Å². The van der Waals surface area contributed by atoms with E-state index in [4.69, 9.17) is 0 Å². The van der Waals surface area contributed by atoms with Crippen molar-refractivity contribution >= 4 is 5.91 Å². The molecule has 6 nitrogen and oxygen atoms in total. The van der Waals surface area contributed by atoms with Gasteiger partial charge >= 0.3 is 0 Å². The molecule has 0 fully saturated rings. The topological polar surface area (TPSA) is 64.7 Å². The molecule has 146 valence electrons. The van der Waals surface area contributed by atoms with E-state index in [-0.39, 0.29) is 11.7 Å². The number of carbonyl (C=O) groups is 1. The Bertz CT molecular complexity index is 1100. The van der Waals surface area contributed by atoms with Crippen LogP contribution in [0.1, 0.15) is 33.4 Å². The fourth-order valence-electron chi connectivity index (χ4n) is 3.27. The molecule has 0 aliphatic carbocycles. The van der Waals surface area contributed by atoms with Crippen LogP contribution in [0.2, 0.25) is 0 Å². The number of nitrogens with one attached hydrogen (secondary N) is 1. The quantitative estimate of drug-likeness (QED) is 0.550. The first-order chi connectivity index (χ1) is 14.1. The standard InChI is InChI=1S/C22H20FN5O/c1-27-12-11-25-21(27)20(16-6-8-18(23)9-7-16)26-22(29)19-5-3-2-4-17(19)14-28-13-10-24-15-28/h2-13,15,20H,14H2,1H3,(H,26,29). The maximum atomic E-state index is 13.4. The van der Waals surface area contributed by atoms with Crippen molar-refractivity contribution in [2.24, 2.45) is 7.05 Å². The van der Waals surface area contributed by atoms with E-state index in [2.05, 4.69) is 15.3 Å². The second kappa shape index (κ2) is 8.10. The lowest BCUT2D eigenvalue weighted by atomic mass is 10.0. The van der Waals surface area contributed by atoms with Crippen LogP contribution in [-0.2, 0) is 13.6 Å². The molecule has 1 unspecified atom stereocenters. The van der Waals surface area contributed by atoms with Crippen LogP contribution in [0.15, 0.2) is 79.6 Å². The zero-order chi connectivity index (χ0) is 20.2. The van der Waals surface area contributed by atoms with E-state index in [0.29, 0.717) is 17.9 Å². The van der Waals surface area contributed by atoms with Gasteiger partial charge in [-0.05, 0) is 29.3 Å². The van der Waals surface area contributed by atoms with Crippen LogP contribution >= 0.6 is 0 Å². The van der Waals surface area contributed by atoms with Crippen LogP contribution in [0, 0.1) is 5.82 Å². The summed E-state index contributed by atoms with van der Waals surface area (Å²) in [5.41, 5.74) is 2.20. The summed E-state index contributed by atoms with van der Waals surface area (Å²) in [4.78, 5) is 21.6. The maximum Gasteiger partial charge on any atom is 0.252 e. The molecule has 2 aromatic heterocycles. The van der Waals surface area contributed by atoms with Gasteiger partial charge in [0.05, 0.1) is 6.33 Å². The second-order valence-electron chi connectivity index (χ2n) is 6.75. The molecule has 7 heteroatoms. The van der Waals surface area contributed by atoms with Crippen LogP contribution in [0.25, 0.3) is 0 Å². The van der Waals surface area contributed by atoms with E-state index in [1.165, 1.54) is 12.1 Å². The van der Waals surface area contributed by atoms with Crippen molar-refractivity contribution in [3.05, 3.63) is 108 Å². The molecule has 0 saturated carbocycles. The summed E-state index contributed by atoms with van der Waals surface area (Å²) in [7, 11) is 1.86. The van der Waals surface area contributed by atoms with E-state index >= 15 is 0 Å². The number of hydrogen-bond donors (Lipinski definition) is 1. The number of benzene rings is 2. The van der Waals surface area contributed by atoms with E-state index in [0.717, 1.165) is 11.1 Å². The van der Waals surface area contributed by atoms with Gasteiger partial charge < -0.3 is 14.5 Å². The van der Waals surface area contributed by atoms with Crippen LogP contribution in [-0.4, -0.2) is 25.0 Å². The highest BCUT2D eigenvalue weighted by atomic mass is 19.1. The third kappa shape index (κ3) is 4.08. The summed E-state index contributed by atoms with van der Waals surface area (Å²) in [5.74, 6) is 0.111. The molecule has 0 saturated heterocycles. The number of halogens is 1. The van der Waals surface area contributed by atoms with Gasteiger partial charge in [-0.25, -0.2) is 14.4 Å². The molecule has 2 aromatic carbocycles. The molecule has 0 aliphatic rings. The van der Waals surface area contributed by atoms with Crippen molar-refractivity contribution in [2.45, 2.75) is 12.6 Å². The van der Waals surface area contributed by atoms with Gasteiger partial charge in [-0.15, -0.1) is 0 Å². The van der Waals surface area contributed by atoms with E-state index in [9.17, 15) is 9.18 Å². The first-order valence-corrected chi connectivity index (χ1v) is 9.19. The molecule has 0 aliphatic heterocycles. The zero-order valence-corrected chi connectivity index (χ0v) is 15.9. The fourth-order valence-corrected chi connectivity index (χ4v) is 3.27. The van der Waals surface area contributed by atoms with Crippen molar-refractivity contribution in [3.8, 4) is 0 Å². The molecule has 1 N–H and O–H groups in total. The maximum absolute atomic E-state index is 13.4. The SMILES string of the molecule is Cn1ccnc1C(NC(=O)c1ccccc1Cn1ccnc1)c1ccc(F)cc1. The van der Waals surface area contributed by atoms with Gasteiger partial charge in [-0.2, -0.15) is 0 Å². The molecule has 1 amide bonds. The summed E-state index contributed by atoms with van der Waals surface area (Å²) in [5, 5.41) is 3.06. The number of hydrogen-bond acceptors (Lipinski definition) is 3. The molecule has 0 bridgehead atoms. The van der Waals surface area contributed by atoms with Crippen molar-refractivity contribution in [1.82, 2.24) is 24.4 Å². The lowest BCUT2D eigenvalue weighted by Gasteiger charge is -2.20. The number of imidazole rings is 2. The largest absolute Gasteiger partial charge is 0.338 e. The Hall–Kier alpha value is -3.74. The third-order valence-corrected chi connectivity index (χ3v) is 4.77. The van der Waals surface area contributed by atoms with Gasteiger partial charge in [0.1, 0.15) is 17.7 Å². The monoisotopic (exact) mass is 389 g/mol. The average molecular weight is 389 g/mol. The van der Waals surface area contributed by atoms with E-state index < -0.39 is 6.04 Å². The van der Waals surface area contributed by atoms with Gasteiger partial charge in [0.15, 0.2) is 0 Å². The predicted molar refractivity (Wildman–Crippen MR) is 107 cm³/mol. The first kappa shape index (κ1) is 18.6. The number of rotatable bonds is 6. The summed E-state index contributed by atoms with van der Waals surface area (Å²) < 4.78 is 17.2. The highest BCUT2D eigenvalue weighted by molar-refractivity contribution is 5.96. The molecule has 2 heterocycles. The lowest BCUT2D eigenvalue weighted by molar-refractivity contribution is 0.0940. The van der Waals surface area contributed by atoms with Crippen LogP contribution in [0.3, 0.4) is 0 Å². The van der Waals surface area contributed by atoms with E-state index in [1.807, 2.05) is 46.8 Å². The Morgan fingerprint density at radius 3 is 2.59 bits per heavy atom. The fraction of sp³-hybridized carbons (Fsp3) is 0.136. The molecular formula is C22H20FN5O. The Morgan fingerprint density at radius 1 is 1.10 bits per heavy atom. The average Bonchev–Trinajstić information content (AvgIpc) is 3.39. The summed E-state index contributed by atoms with van der Waals surface area (Å²) >= 11 is 0. The summed E-state index contributed by atoms with van der Waals surface area (Å²) in [6.07, 6.45) is 8.75. The zero-order valence-electron chi connectivity index (χ0n) is 15.9. The minimum Gasteiger partial charge on any atom is -0.338 e. The number of amides is 1. The Morgan fingerprint density at radius 2 is 1.90 bits per heavy atom. The first-order valence-electron chi connectivity index (χ1n) is 9.19. The number of carbonyl (C=O) groups excluding carboxylic acids is 1. The third-order valence-electron chi connectivity index (χ3n) is 4.77. The highest BCUT2D eigenvalue weighted by Gasteiger charge is 2.22. The Balaban J connectivity index is 1.65. The molecule has 0 radical (unpaired) electrons. The second-order valence-corrected chi connectivity index (χ2v) is 6.75. The molecule has 1 atom stereocenters. The smallest absolute Gasteiger partial charge is 0.252 e. The van der Waals surface area contributed by atoms with Crippen molar-refractivity contribution in [2.75, 3.05) is 0 Å². The minimum atomic E-state index is -0.510. The molecule has 29 heavy (non-hydrogen) atoms. The van der Waals surface area contributed by atoms with Gasteiger partial charge in [0, 0.05) is 43.9 Å². The van der Waals surface area contributed by atoms with Gasteiger partial charge in [-0.1, -0.05) is 30.3 Å². The normalized spacial score (nSPS) is 11.9. The molecule has 4 aromatic rings. The van der Waals surface area contributed by atoms with Crippen LogP contribution in [0.5, 0.6) is 0 Å². The van der Waals surface area contributed by atoms with Crippen molar-refractivity contribution in [3.63, 3.8) is 0 Å². The number of aromatic nitrogens is 4. The van der Waals surface area contributed by atoms with Crippen LogP contribution in [0.4, 0.5) is 4.39 Å². The molecular weight excluding hydrogens is 369 g/mol. The van der Waals surface area contributed by atoms with Gasteiger partial charge in [-0.3, -0.25) is 4.79 Å². The summed E-state index contributed by atoms with van der Waals surface area (Å²) in [6, 6.07) is 13.0. The Kier molecular flexibility index (Phi) is 5.20. The lowest BCUT2D eigenvalue weighted by Crippen LogP contribution is -2.32. The van der Waals surface area contributed by atoms with Crippen molar-refractivity contribution < 1.29 is 9.18 Å². The van der Waals surface area contributed by atoms with Crippen molar-refractivity contribution in [1.29, 1.82) is 0 Å². The molecule has 0 spiro atoms. The Labute approximate surface area is 167 Å². The predicted octanol–water partition coefficient (Wildman–Crippen LogP) is 3.32. The molecule has 4 rings (SSSR count). The van der Waals surface area contributed by atoms with Crippen LogP contribution < -0.4 is 5.32 Å². The highest BCUT2D eigenvalue weighted by Crippen LogP contribution is 2.22. The number of nitrogens with zero attached hydrogens (tertiary/aromatic N) is 4. The number of aryl methyl sites for hydroxylation is 1. The summed E-state index contributed by atoms with van der Waals surface area (Å²) in [6.45, 7) is 0.535.